The van der Waals surface area contributed by atoms with E-state index in [-0.39, 0.29) is 0 Å². The van der Waals surface area contributed by atoms with Crippen molar-refractivity contribution in [3.63, 3.8) is 0 Å². The quantitative estimate of drug-likeness (QED) is 0.670. The normalized spacial score (nSPS) is 12.5. The van der Waals surface area contributed by atoms with Gasteiger partial charge in [-0.05, 0) is 31.2 Å². The number of carbonyl (C=O) groups is 1. The van der Waals surface area contributed by atoms with Crippen LogP contribution in [-0.2, 0) is 11.8 Å². The van der Waals surface area contributed by atoms with Crippen LogP contribution in [0.25, 0.3) is 11.2 Å². The topological polar surface area (TPSA) is 73.6 Å². The van der Waals surface area contributed by atoms with E-state index < -0.39 is 5.92 Å². The molecule has 0 spiro atoms. The van der Waals surface area contributed by atoms with Gasteiger partial charge in [-0.2, -0.15) is 0 Å². The summed E-state index contributed by atoms with van der Waals surface area (Å²) in [6.07, 6.45) is 0.861. The lowest BCUT2D eigenvalue weighted by Gasteiger charge is -2.10. The zero-order valence-corrected chi connectivity index (χ0v) is 11.2. The van der Waals surface area contributed by atoms with Crippen LogP contribution in [0.1, 0.15) is 23.0 Å². The summed E-state index contributed by atoms with van der Waals surface area (Å²) in [4.78, 5) is 20.3. The Morgan fingerprint density at radius 1 is 1.15 bits per heavy atom. The Balaban J connectivity index is 2.11. The lowest BCUT2D eigenvalue weighted by molar-refractivity contribution is -0.108. The average Bonchev–Trinajstić information content (AvgIpc) is 2.81. The highest BCUT2D eigenvalue weighted by molar-refractivity contribution is 5.72. The molecule has 100 valence electrons. The summed E-state index contributed by atoms with van der Waals surface area (Å²) in [6.45, 7) is 1.90. The molecule has 3 aromatic rings. The van der Waals surface area contributed by atoms with Crippen molar-refractivity contribution in [1.29, 1.82) is 0 Å². The van der Waals surface area contributed by atoms with E-state index in [1.165, 1.54) is 0 Å². The van der Waals surface area contributed by atoms with Crippen LogP contribution in [0.4, 0.5) is 0 Å². The molecule has 3 rings (SSSR count). The SMILES string of the molecule is Cc1cccc(C(C=O)c2ccc3nnn(C)c3n2)n1. The first-order chi connectivity index (χ1) is 9.69. The monoisotopic (exact) mass is 267 g/mol. The fourth-order valence-corrected chi connectivity index (χ4v) is 2.13. The fraction of sp³-hybridized carbons (Fsp3) is 0.214. The van der Waals surface area contributed by atoms with Gasteiger partial charge in [0.2, 0.25) is 0 Å². The molecule has 0 amide bonds. The van der Waals surface area contributed by atoms with E-state index in [4.69, 9.17) is 0 Å². The summed E-state index contributed by atoms with van der Waals surface area (Å²) >= 11 is 0. The molecule has 0 aromatic carbocycles. The first-order valence-corrected chi connectivity index (χ1v) is 6.24. The van der Waals surface area contributed by atoms with Crippen LogP contribution in [-0.4, -0.2) is 31.2 Å². The number of hydrogen-bond donors (Lipinski definition) is 0. The van der Waals surface area contributed by atoms with Gasteiger partial charge >= 0.3 is 0 Å². The van der Waals surface area contributed by atoms with Gasteiger partial charge in [-0.15, -0.1) is 5.10 Å². The molecule has 3 heterocycles. The predicted octanol–water partition coefficient (Wildman–Crippen LogP) is 1.40. The molecule has 3 aromatic heterocycles. The van der Waals surface area contributed by atoms with Crippen LogP contribution in [0.2, 0.25) is 0 Å². The van der Waals surface area contributed by atoms with Crippen LogP contribution in [0, 0.1) is 6.92 Å². The van der Waals surface area contributed by atoms with Crippen molar-refractivity contribution in [3.05, 3.63) is 47.4 Å². The number of fused-ring (bicyclic) bond motifs is 1. The minimum Gasteiger partial charge on any atom is -0.302 e. The van der Waals surface area contributed by atoms with Crippen LogP contribution < -0.4 is 0 Å². The van der Waals surface area contributed by atoms with Gasteiger partial charge in [0.05, 0.1) is 17.3 Å². The third kappa shape index (κ3) is 2.05. The molecule has 1 unspecified atom stereocenters. The van der Waals surface area contributed by atoms with Crippen molar-refractivity contribution in [2.45, 2.75) is 12.8 Å². The number of carbonyl (C=O) groups excluding carboxylic acids is 1. The molecule has 6 nitrogen and oxygen atoms in total. The largest absolute Gasteiger partial charge is 0.302 e. The number of aryl methyl sites for hydroxylation is 2. The van der Waals surface area contributed by atoms with Gasteiger partial charge in [-0.1, -0.05) is 11.3 Å². The van der Waals surface area contributed by atoms with Crippen molar-refractivity contribution >= 4 is 17.5 Å². The van der Waals surface area contributed by atoms with Crippen molar-refractivity contribution in [2.24, 2.45) is 7.05 Å². The standard InChI is InChI=1S/C14H13N5O/c1-9-4-3-5-11(15-9)10(8-20)12-6-7-13-14(16-12)19(2)18-17-13/h3-8,10H,1-2H3. The van der Waals surface area contributed by atoms with E-state index in [2.05, 4.69) is 20.3 Å². The molecular formula is C14H13N5O. The van der Waals surface area contributed by atoms with Gasteiger partial charge in [0.1, 0.15) is 11.8 Å². The summed E-state index contributed by atoms with van der Waals surface area (Å²) in [5.74, 6) is -0.478. The Morgan fingerprint density at radius 2 is 1.95 bits per heavy atom. The molecular weight excluding hydrogens is 254 g/mol. The number of pyridine rings is 2. The molecule has 0 aliphatic heterocycles. The van der Waals surface area contributed by atoms with Gasteiger partial charge in [0.15, 0.2) is 5.65 Å². The maximum absolute atomic E-state index is 11.5. The molecule has 1 atom stereocenters. The second-order valence-electron chi connectivity index (χ2n) is 4.61. The Labute approximate surface area is 115 Å². The smallest absolute Gasteiger partial charge is 0.178 e. The third-order valence-corrected chi connectivity index (χ3v) is 3.15. The van der Waals surface area contributed by atoms with Crippen molar-refractivity contribution < 1.29 is 4.79 Å². The Kier molecular flexibility index (Phi) is 2.98. The first-order valence-electron chi connectivity index (χ1n) is 6.24. The summed E-state index contributed by atoms with van der Waals surface area (Å²) < 4.78 is 1.59. The zero-order valence-electron chi connectivity index (χ0n) is 11.2. The predicted molar refractivity (Wildman–Crippen MR) is 73.2 cm³/mol. The molecule has 20 heavy (non-hydrogen) atoms. The highest BCUT2D eigenvalue weighted by atomic mass is 16.1. The lowest BCUT2D eigenvalue weighted by atomic mass is 10.0. The van der Waals surface area contributed by atoms with Gasteiger partial charge in [0.25, 0.3) is 0 Å². The van der Waals surface area contributed by atoms with Gasteiger partial charge < -0.3 is 4.79 Å². The number of aldehydes is 1. The summed E-state index contributed by atoms with van der Waals surface area (Å²) in [5.41, 5.74) is 3.58. The summed E-state index contributed by atoms with van der Waals surface area (Å²) in [7, 11) is 1.77. The molecule has 0 aliphatic rings. The van der Waals surface area contributed by atoms with Gasteiger partial charge in [0, 0.05) is 12.7 Å². The van der Waals surface area contributed by atoms with Crippen molar-refractivity contribution in [3.8, 4) is 0 Å². The minimum absolute atomic E-state index is 0.478. The lowest BCUT2D eigenvalue weighted by Crippen LogP contribution is -2.08. The highest BCUT2D eigenvalue weighted by Gasteiger charge is 2.17. The number of aromatic nitrogens is 5. The van der Waals surface area contributed by atoms with Crippen molar-refractivity contribution in [2.75, 3.05) is 0 Å². The maximum atomic E-state index is 11.5. The van der Waals surface area contributed by atoms with Crippen LogP contribution >= 0.6 is 0 Å². The van der Waals surface area contributed by atoms with Gasteiger partial charge in [-0.25, -0.2) is 9.67 Å². The van der Waals surface area contributed by atoms with E-state index in [1.807, 2.05) is 31.2 Å². The fourth-order valence-electron chi connectivity index (χ4n) is 2.13. The minimum atomic E-state index is -0.478. The maximum Gasteiger partial charge on any atom is 0.178 e. The number of hydrogen-bond acceptors (Lipinski definition) is 5. The van der Waals surface area contributed by atoms with Gasteiger partial charge in [-0.3, -0.25) is 4.98 Å². The first kappa shape index (κ1) is 12.4. The highest BCUT2D eigenvalue weighted by Crippen LogP contribution is 2.21. The molecule has 6 heteroatoms. The molecule has 0 bridgehead atoms. The van der Waals surface area contributed by atoms with Crippen LogP contribution in [0.3, 0.4) is 0 Å². The number of rotatable bonds is 3. The van der Waals surface area contributed by atoms with E-state index in [0.29, 0.717) is 22.6 Å². The number of nitrogens with zero attached hydrogens (tertiary/aromatic N) is 5. The van der Waals surface area contributed by atoms with Crippen molar-refractivity contribution in [1.82, 2.24) is 25.0 Å². The molecule has 0 saturated heterocycles. The Hall–Kier alpha value is -2.63. The summed E-state index contributed by atoms with van der Waals surface area (Å²) in [6, 6.07) is 9.22. The molecule has 0 aliphatic carbocycles. The molecule has 0 saturated carbocycles. The second kappa shape index (κ2) is 4.80. The van der Waals surface area contributed by atoms with E-state index in [1.54, 1.807) is 17.8 Å². The second-order valence-corrected chi connectivity index (χ2v) is 4.61. The summed E-state index contributed by atoms with van der Waals surface area (Å²) in [5, 5.41) is 7.89. The van der Waals surface area contributed by atoms with Crippen LogP contribution in [0.15, 0.2) is 30.3 Å². The molecule has 0 N–H and O–H groups in total. The zero-order chi connectivity index (χ0) is 14.1. The van der Waals surface area contributed by atoms with E-state index in [9.17, 15) is 4.79 Å². The molecule has 0 fully saturated rings. The Morgan fingerprint density at radius 3 is 2.70 bits per heavy atom. The molecule has 0 radical (unpaired) electrons. The van der Waals surface area contributed by atoms with E-state index >= 15 is 0 Å². The Bertz CT molecular complexity index is 780. The third-order valence-electron chi connectivity index (χ3n) is 3.15. The average molecular weight is 267 g/mol. The van der Waals surface area contributed by atoms with Crippen LogP contribution in [0.5, 0.6) is 0 Å². The van der Waals surface area contributed by atoms with E-state index in [0.717, 1.165) is 12.0 Å².